The van der Waals surface area contributed by atoms with Crippen LogP contribution in [0.1, 0.15) is 74.4 Å². The Bertz CT molecular complexity index is 2020. The van der Waals surface area contributed by atoms with Crippen molar-refractivity contribution in [2.24, 2.45) is 11.8 Å². The van der Waals surface area contributed by atoms with Gasteiger partial charge in [-0.2, -0.15) is 8.78 Å². The minimum atomic E-state index is -3.11. The summed E-state index contributed by atoms with van der Waals surface area (Å²) < 4.78 is 58.7. The normalized spacial score (nSPS) is 20.3. The van der Waals surface area contributed by atoms with Gasteiger partial charge in [0.1, 0.15) is 28.0 Å². The van der Waals surface area contributed by atoms with Crippen molar-refractivity contribution in [1.82, 2.24) is 10.2 Å². The zero-order valence-electron chi connectivity index (χ0n) is 29.4. The molecule has 1 aliphatic carbocycles. The fourth-order valence-corrected chi connectivity index (χ4v) is 8.95. The molecule has 4 aromatic rings. The summed E-state index contributed by atoms with van der Waals surface area (Å²) in [4.78, 5) is 29.2. The molecular weight excluding hydrogens is 782 g/mol. The molecular formula is C39H38Cl2F3N3O7S. The topological polar surface area (TPSA) is 124 Å². The zero-order valence-corrected chi connectivity index (χ0v) is 31.7. The maximum atomic E-state index is 14.4. The van der Waals surface area contributed by atoms with E-state index in [4.69, 9.17) is 37.4 Å². The van der Waals surface area contributed by atoms with Crippen LogP contribution in [0, 0.1) is 17.7 Å². The molecule has 10 nitrogen and oxygen atoms in total. The number of piperidine rings is 3. The molecule has 8 rings (SSSR count). The number of benzene rings is 2. The SMILES string of the molecule is O=C([O-])c1sc(CNC(C(=O)O[C@H]2CN3CCC2CC3)c2cccc(F)c2)cc1[C@@H](Cc1c(Cl)c[n+](O)cc1Cl)c1ccc(OC(F)F)c(OCC2CC2)c1. The lowest BCUT2D eigenvalue weighted by atomic mass is 9.85. The average Bonchev–Trinajstić information content (AvgIpc) is 3.88. The molecule has 3 atom stereocenters. The number of alkyl halides is 2. The van der Waals surface area contributed by atoms with E-state index in [1.165, 1.54) is 48.8 Å². The summed E-state index contributed by atoms with van der Waals surface area (Å²) >= 11 is 14.0. The van der Waals surface area contributed by atoms with Gasteiger partial charge < -0.3 is 24.1 Å². The summed E-state index contributed by atoms with van der Waals surface area (Å²) in [5.41, 5.74) is 1.49. The van der Waals surface area contributed by atoms with E-state index in [1.807, 2.05) is 0 Å². The smallest absolute Gasteiger partial charge is 0.387 e. The van der Waals surface area contributed by atoms with Crippen molar-refractivity contribution < 1.29 is 52.0 Å². The molecule has 1 saturated carbocycles. The monoisotopic (exact) mass is 819 g/mol. The van der Waals surface area contributed by atoms with Gasteiger partial charge in [-0.15, -0.1) is 11.3 Å². The van der Waals surface area contributed by atoms with Crippen LogP contribution < -0.4 is 24.6 Å². The zero-order chi connectivity index (χ0) is 38.8. The second-order valence-electron chi connectivity index (χ2n) is 14.2. The summed E-state index contributed by atoms with van der Waals surface area (Å²) in [6, 6.07) is 10.6. The van der Waals surface area contributed by atoms with Crippen LogP contribution in [0.25, 0.3) is 0 Å². The van der Waals surface area contributed by atoms with Crippen LogP contribution in [-0.2, 0) is 22.5 Å². The average molecular weight is 821 g/mol. The highest BCUT2D eigenvalue weighted by molar-refractivity contribution is 7.14. The van der Waals surface area contributed by atoms with Crippen molar-refractivity contribution in [3.05, 3.63) is 109 Å². The number of rotatable bonds is 16. The van der Waals surface area contributed by atoms with Gasteiger partial charge in [0.15, 0.2) is 11.5 Å². The molecule has 4 aliphatic rings. The first-order chi connectivity index (χ1) is 26.4. The summed E-state index contributed by atoms with van der Waals surface area (Å²) in [6.07, 6.45) is 5.92. The number of carboxylic acids is 1. The third-order valence-electron chi connectivity index (χ3n) is 10.4. The molecule has 3 aliphatic heterocycles. The lowest BCUT2D eigenvalue weighted by Gasteiger charge is -2.44. The fraction of sp³-hybridized carbons (Fsp3) is 0.410. The molecule has 55 heavy (non-hydrogen) atoms. The van der Waals surface area contributed by atoms with Crippen molar-refractivity contribution in [2.75, 3.05) is 26.2 Å². The molecule has 3 saturated heterocycles. The van der Waals surface area contributed by atoms with Gasteiger partial charge in [0.05, 0.1) is 17.5 Å². The molecule has 292 valence electrons. The summed E-state index contributed by atoms with van der Waals surface area (Å²) in [5.74, 6) is -2.98. The highest BCUT2D eigenvalue weighted by Gasteiger charge is 2.38. The van der Waals surface area contributed by atoms with E-state index in [1.54, 1.807) is 12.1 Å². The van der Waals surface area contributed by atoms with E-state index in [-0.39, 0.29) is 63.9 Å². The number of nitrogens with zero attached hydrogens (tertiary/aromatic N) is 2. The van der Waals surface area contributed by atoms with Crippen LogP contribution in [0.4, 0.5) is 13.2 Å². The van der Waals surface area contributed by atoms with Gasteiger partial charge >= 0.3 is 12.6 Å². The molecule has 1 unspecified atom stereocenters. The van der Waals surface area contributed by atoms with Crippen molar-refractivity contribution in [2.45, 2.75) is 63.3 Å². The quantitative estimate of drug-likeness (QED) is 0.0761. The number of aromatic carboxylic acids is 1. The van der Waals surface area contributed by atoms with Crippen molar-refractivity contribution in [3.63, 3.8) is 0 Å². The van der Waals surface area contributed by atoms with Crippen molar-refractivity contribution in [3.8, 4) is 11.5 Å². The minimum Gasteiger partial charge on any atom is -0.544 e. The van der Waals surface area contributed by atoms with E-state index < -0.39 is 36.3 Å². The number of pyridine rings is 1. The Hall–Kier alpha value is -4.08. The molecule has 0 amide bonds. The van der Waals surface area contributed by atoms with Crippen LogP contribution in [0.3, 0.4) is 0 Å². The van der Waals surface area contributed by atoms with Crippen LogP contribution >= 0.6 is 34.5 Å². The second kappa shape index (κ2) is 17.0. The van der Waals surface area contributed by atoms with E-state index in [2.05, 4.69) is 10.2 Å². The van der Waals surface area contributed by atoms with Crippen LogP contribution in [-0.4, -0.2) is 61.0 Å². The predicted molar refractivity (Wildman–Crippen MR) is 194 cm³/mol. The first-order valence-electron chi connectivity index (χ1n) is 18.0. The van der Waals surface area contributed by atoms with Gasteiger partial charge in [0.25, 0.3) is 0 Å². The van der Waals surface area contributed by atoms with Gasteiger partial charge in [-0.3, -0.25) is 15.4 Å². The van der Waals surface area contributed by atoms with E-state index in [9.17, 15) is 33.1 Å². The van der Waals surface area contributed by atoms with E-state index >= 15 is 0 Å². The highest BCUT2D eigenvalue weighted by atomic mass is 35.5. The van der Waals surface area contributed by atoms with Gasteiger partial charge in [-0.1, -0.05) is 41.4 Å². The molecule has 2 aromatic heterocycles. The third kappa shape index (κ3) is 9.49. The van der Waals surface area contributed by atoms with Crippen molar-refractivity contribution >= 4 is 46.5 Å². The van der Waals surface area contributed by atoms with Crippen molar-refractivity contribution in [1.29, 1.82) is 0 Å². The lowest BCUT2D eigenvalue weighted by Crippen LogP contribution is -2.52. The van der Waals surface area contributed by atoms with Gasteiger partial charge in [0, 0.05) is 34.2 Å². The number of hydrogen-bond acceptors (Lipinski definition) is 10. The lowest BCUT2D eigenvalue weighted by molar-refractivity contribution is -0.904. The Labute approximate surface area is 329 Å². The number of carbonyl (C=O) groups excluding carboxylic acids is 2. The Morgan fingerprint density at radius 3 is 2.40 bits per heavy atom. The number of carboxylic acid groups (broad SMARTS) is 1. The van der Waals surface area contributed by atoms with Crippen LogP contribution in [0.2, 0.25) is 10.0 Å². The summed E-state index contributed by atoms with van der Waals surface area (Å²) in [5, 5.41) is 26.1. The Morgan fingerprint density at radius 1 is 1.02 bits per heavy atom. The van der Waals surface area contributed by atoms with Crippen LogP contribution in [0.15, 0.2) is 60.9 Å². The number of halogens is 5. The number of carbonyl (C=O) groups is 2. The summed E-state index contributed by atoms with van der Waals surface area (Å²) in [7, 11) is 0. The Kier molecular flexibility index (Phi) is 12.1. The molecule has 2 bridgehead atoms. The molecule has 2 aromatic carbocycles. The number of esters is 1. The third-order valence-corrected chi connectivity index (χ3v) is 12.2. The Morgan fingerprint density at radius 2 is 1.76 bits per heavy atom. The second-order valence-corrected chi connectivity index (χ2v) is 16.1. The molecule has 5 heterocycles. The molecule has 4 fully saturated rings. The minimum absolute atomic E-state index is 0.0112. The largest absolute Gasteiger partial charge is 0.544 e. The van der Waals surface area contributed by atoms with E-state index in [0.717, 1.165) is 50.1 Å². The first-order valence-corrected chi connectivity index (χ1v) is 19.5. The number of ether oxygens (including phenoxy) is 3. The molecule has 0 radical (unpaired) electrons. The number of aromatic nitrogens is 1. The fourth-order valence-electron chi connectivity index (χ4n) is 7.34. The maximum absolute atomic E-state index is 14.4. The summed E-state index contributed by atoms with van der Waals surface area (Å²) in [6.45, 7) is -0.292. The van der Waals surface area contributed by atoms with E-state index in [0.29, 0.717) is 38.4 Å². The maximum Gasteiger partial charge on any atom is 0.387 e. The number of thiophene rings is 1. The molecule has 16 heteroatoms. The number of nitrogens with one attached hydrogen (secondary N) is 1. The van der Waals surface area contributed by atoms with Crippen LogP contribution in [0.5, 0.6) is 11.5 Å². The number of hydrogen-bond donors (Lipinski definition) is 2. The first kappa shape index (κ1) is 39.2. The van der Waals surface area contributed by atoms with Gasteiger partial charge in [-0.25, -0.2) is 9.18 Å². The van der Waals surface area contributed by atoms with Gasteiger partial charge in [-0.05, 0) is 104 Å². The molecule has 0 spiro atoms. The number of fused-ring (bicyclic) bond motifs is 3. The highest BCUT2D eigenvalue weighted by Crippen LogP contribution is 2.42. The Balaban J connectivity index is 1.22. The predicted octanol–water partition coefficient (Wildman–Crippen LogP) is 6.32. The molecule has 2 N–H and O–H groups in total. The standard InChI is InChI=1S/C39H38Cl2F3N3O7S/c40-30-17-47(51)18-31(41)29(30)15-27(23-6-7-32(54-39(43)44)33(13-23)52-20-21-4-5-21)28-14-26(55-36(28)37(48)49)16-45-35(24-2-1-3-25(42)12-24)38(50)53-34-19-46-10-8-22(34)9-11-46/h1-3,6-7,12-14,17-18,21-22,27,34-35,39,45H,4-5,8-11,15-16,19-20H2,(H-,48,49,51)/t27-,34-,35?/m0/s1. The van der Waals surface area contributed by atoms with Gasteiger partial charge in [0.2, 0.25) is 12.4 Å².